The summed E-state index contributed by atoms with van der Waals surface area (Å²) in [6.07, 6.45) is 0. The number of nitrogens with zero attached hydrogens (tertiary/aromatic N) is 1. The Kier molecular flexibility index (Phi) is 6.03. The predicted molar refractivity (Wildman–Crippen MR) is 106 cm³/mol. The number of carbonyl (C=O) groups excluding carboxylic acids is 2. The quantitative estimate of drug-likeness (QED) is 0.553. The van der Waals surface area contributed by atoms with Crippen LogP contribution in [0.25, 0.3) is 11.3 Å². The van der Waals surface area contributed by atoms with E-state index in [0.29, 0.717) is 15.7 Å². The Labute approximate surface area is 167 Å². The number of thiazole rings is 1. The first kappa shape index (κ1) is 18.6. The SMILES string of the molecule is O=C(COC(=O)c1ccc(Cl)cc1)Nc1nc(-c2cccc(Br)c2)cs1. The Bertz CT molecular complexity index is 944. The van der Waals surface area contributed by atoms with E-state index in [4.69, 9.17) is 16.3 Å². The molecule has 0 spiro atoms. The van der Waals surface area contributed by atoms with Crippen LogP contribution in [0.1, 0.15) is 10.4 Å². The van der Waals surface area contributed by atoms with Gasteiger partial charge in [-0.25, -0.2) is 9.78 Å². The highest BCUT2D eigenvalue weighted by Crippen LogP contribution is 2.26. The summed E-state index contributed by atoms with van der Waals surface area (Å²) in [6.45, 7) is -0.396. The van der Waals surface area contributed by atoms with Crippen molar-refractivity contribution in [1.82, 2.24) is 4.98 Å². The third-order valence-corrected chi connectivity index (χ3v) is 4.79. The maximum Gasteiger partial charge on any atom is 0.338 e. The number of halogens is 2. The van der Waals surface area contributed by atoms with E-state index in [1.807, 2.05) is 29.6 Å². The molecule has 0 saturated heterocycles. The number of amides is 1. The second kappa shape index (κ2) is 8.44. The summed E-state index contributed by atoms with van der Waals surface area (Å²) in [6, 6.07) is 13.9. The lowest BCUT2D eigenvalue weighted by Crippen LogP contribution is -2.20. The van der Waals surface area contributed by atoms with E-state index < -0.39 is 18.5 Å². The van der Waals surface area contributed by atoms with Crippen molar-refractivity contribution in [2.45, 2.75) is 0 Å². The van der Waals surface area contributed by atoms with Gasteiger partial charge in [0.15, 0.2) is 11.7 Å². The molecule has 8 heteroatoms. The monoisotopic (exact) mass is 450 g/mol. The molecule has 0 atom stereocenters. The van der Waals surface area contributed by atoms with Crippen LogP contribution < -0.4 is 5.32 Å². The molecule has 1 aromatic heterocycles. The van der Waals surface area contributed by atoms with Gasteiger partial charge in [0.05, 0.1) is 11.3 Å². The van der Waals surface area contributed by atoms with Crippen LogP contribution >= 0.6 is 38.9 Å². The van der Waals surface area contributed by atoms with Crippen molar-refractivity contribution in [2.24, 2.45) is 0 Å². The molecule has 0 aliphatic carbocycles. The minimum atomic E-state index is -0.592. The molecule has 0 bridgehead atoms. The molecule has 0 saturated carbocycles. The highest BCUT2D eigenvalue weighted by atomic mass is 79.9. The molecule has 1 heterocycles. The second-order valence-corrected chi connectivity index (χ2v) is 7.39. The van der Waals surface area contributed by atoms with Crippen molar-refractivity contribution >= 4 is 55.9 Å². The highest BCUT2D eigenvalue weighted by molar-refractivity contribution is 9.10. The number of carbonyl (C=O) groups is 2. The van der Waals surface area contributed by atoms with Gasteiger partial charge in [0, 0.05) is 20.4 Å². The van der Waals surface area contributed by atoms with E-state index in [2.05, 4.69) is 26.2 Å². The lowest BCUT2D eigenvalue weighted by molar-refractivity contribution is -0.119. The Hall–Kier alpha value is -2.22. The summed E-state index contributed by atoms with van der Waals surface area (Å²) in [4.78, 5) is 28.2. The molecule has 2 aromatic carbocycles. The fourth-order valence-electron chi connectivity index (χ4n) is 2.07. The molecule has 1 amide bonds. The van der Waals surface area contributed by atoms with Gasteiger partial charge in [-0.3, -0.25) is 10.1 Å². The maximum atomic E-state index is 12.0. The van der Waals surface area contributed by atoms with Crippen LogP contribution in [-0.2, 0) is 9.53 Å². The summed E-state index contributed by atoms with van der Waals surface area (Å²) in [5, 5.41) is 5.42. The molecular weight excluding hydrogens is 440 g/mol. The van der Waals surface area contributed by atoms with Crippen LogP contribution in [0.2, 0.25) is 5.02 Å². The van der Waals surface area contributed by atoms with E-state index in [1.54, 1.807) is 12.1 Å². The number of benzene rings is 2. The molecule has 3 aromatic rings. The number of hydrogen-bond acceptors (Lipinski definition) is 5. The Morgan fingerprint density at radius 3 is 2.69 bits per heavy atom. The van der Waals surface area contributed by atoms with Crippen molar-refractivity contribution < 1.29 is 14.3 Å². The number of aromatic nitrogens is 1. The normalized spacial score (nSPS) is 10.4. The molecule has 26 heavy (non-hydrogen) atoms. The minimum absolute atomic E-state index is 0.327. The predicted octanol–water partition coefficient (Wildman–Crippen LogP) is 5.02. The van der Waals surface area contributed by atoms with Crippen LogP contribution in [0, 0.1) is 0 Å². The molecular formula is C18H12BrClN2O3S. The zero-order chi connectivity index (χ0) is 18.5. The van der Waals surface area contributed by atoms with Gasteiger partial charge in [0.2, 0.25) is 0 Å². The van der Waals surface area contributed by atoms with Crippen LogP contribution in [0.4, 0.5) is 5.13 Å². The summed E-state index contributed by atoms with van der Waals surface area (Å²) >= 11 is 10.5. The van der Waals surface area contributed by atoms with Crippen LogP contribution in [0.15, 0.2) is 58.4 Å². The molecule has 0 unspecified atom stereocenters. The molecule has 0 fully saturated rings. The number of hydrogen-bond donors (Lipinski definition) is 1. The van der Waals surface area contributed by atoms with Gasteiger partial charge in [0.25, 0.3) is 5.91 Å². The average molecular weight is 452 g/mol. The van der Waals surface area contributed by atoms with Crippen molar-refractivity contribution in [3.05, 3.63) is 69.0 Å². The Morgan fingerprint density at radius 1 is 1.19 bits per heavy atom. The molecule has 1 N–H and O–H groups in total. The zero-order valence-electron chi connectivity index (χ0n) is 13.2. The van der Waals surface area contributed by atoms with E-state index in [0.717, 1.165) is 15.7 Å². The van der Waals surface area contributed by atoms with Crippen molar-refractivity contribution in [3.8, 4) is 11.3 Å². The lowest BCUT2D eigenvalue weighted by atomic mass is 10.2. The van der Waals surface area contributed by atoms with Gasteiger partial charge < -0.3 is 4.74 Å². The Morgan fingerprint density at radius 2 is 1.96 bits per heavy atom. The third-order valence-electron chi connectivity index (χ3n) is 3.29. The number of esters is 1. The highest BCUT2D eigenvalue weighted by Gasteiger charge is 2.12. The average Bonchev–Trinajstić information content (AvgIpc) is 3.09. The first-order valence-electron chi connectivity index (χ1n) is 7.45. The van der Waals surface area contributed by atoms with Gasteiger partial charge in [-0.1, -0.05) is 39.7 Å². The Balaban J connectivity index is 1.55. The first-order chi connectivity index (χ1) is 12.5. The number of nitrogens with one attached hydrogen (secondary N) is 1. The van der Waals surface area contributed by atoms with E-state index in [1.165, 1.54) is 23.5 Å². The fourth-order valence-corrected chi connectivity index (χ4v) is 3.33. The van der Waals surface area contributed by atoms with Crippen molar-refractivity contribution in [3.63, 3.8) is 0 Å². The molecule has 5 nitrogen and oxygen atoms in total. The van der Waals surface area contributed by atoms with Crippen LogP contribution in [0.5, 0.6) is 0 Å². The summed E-state index contributed by atoms with van der Waals surface area (Å²) < 4.78 is 5.93. The van der Waals surface area contributed by atoms with Gasteiger partial charge >= 0.3 is 5.97 Å². The number of rotatable bonds is 5. The lowest BCUT2D eigenvalue weighted by Gasteiger charge is -2.04. The maximum absolute atomic E-state index is 12.0. The van der Waals surface area contributed by atoms with Gasteiger partial charge in [-0.15, -0.1) is 11.3 Å². The van der Waals surface area contributed by atoms with Crippen LogP contribution in [-0.4, -0.2) is 23.5 Å². The van der Waals surface area contributed by atoms with Gasteiger partial charge in [-0.2, -0.15) is 0 Å². The summed E-state index contributed by atoms with van der Waals surface area (Å²) in [5.74, 6) is -1.05. The standard InChI is InChI=1S/C18H12BrClN2O3S/c19-13-3-1-2-12(8-13)15-10-26-18(21-15)22-16(23)9-25-17(24)11-4-6-14(20)7-5-11/h1-8,10H,9H2,(H,21,22,23). The van der Waals surface area contributed by atoms with Crippen molar-refractivity contribution in [1.29, 1.82) is 0 Å². The molecule has 132 valence electrons. The summed E-state index contributed by atoms with van der Waals surface area (Å²) in [7, 11) is 0. The smallest absolute Gasteiger partial charge is 0.338 e. The minimum Gasteiger partial charge on any atom is -0.452 e. The topological polar surface area (TPSA) is 68.3 Å². The molecule has 0 aliphatic heterocycles. The molecule has 0 radical (unpaired) electrons. The zero-order valence-corrected chi connectivity index (χ0v) is 16.4. The van der Waals surface area contributed by atoms with E-state index >= 15 is 0 Å². The number of ether oxygens (including phenoxy) is 1. The molecule has 3 rings (SSSR count). The van der Waals surface area contributed by atoms with Gasteiger partial charge in [-0.05, 0) is 36.4 Å². The van der Waals surface area contributed by atoms with E-state index in [-0.39, 0.29) is 0 Å². The largest absolute Gasteiger partial charge is 0.452 e. The first-order valence-corrected chi connectivity index (χ1v) is 9.50. The molecule has 0 aliphatic rings. The van der Waals surface area contributed by atoms with Crippen molar-refractivity contribution in [2.75, 3.05) is 11.9 Å². The fraction of sp³-hybridized carbons (Fsp3) is 0.0556. The second-order valence-electron chi connectivity index (χ2n) is 5.18. The summed E-state index contributed by atoms with van der Waals surface area (Å²) in [5.41, 5.74) is 2.02. The van der Waals surface area contributed by atoms with E-state index in [9.17, 15) is 9.59 Å². The van der Waals surface area contributed by atoms with Gasteiger partial charge in [0.1, 0.15) is 0 Å². The van der Waals surface area contributed by atoms with Crippen LogP contribution in [0.3, 0.4) is 0 Å². The number of anilines is 1. The third kappa shape index (κ3) is 4.91.